The van der Waals surface area contributed by atoms with Crippen molar-refractivity contribution < 1.29 is 28.5 Å². The van der Waals surface area contributed by atoms with Gasteiger partial charge in [0.05, 0.1) is 44.4 Å². The maximum Gasteiger partial charge on any atom is 0.273 e. The number of benzene rings is 3. The van der Waals surface area contributed by atoms with Crippen molar-refractivity contribution in [2.24, 2.45) is 5.10 Å². The van der Waals surface area contributed by atoms with Crippen molar-refractivity contribution in [3.63, 3.8) is 0 Å². The number of nitrogens with one attached hydrogen (secondary N) is 2. The molecule has 2 amide bonds. The molecule has 0 aliphatic rings. The fraction of sp³-hybridized carbons (Fsp3) is 0.400. The molecule has 3 aromatic rings. The number of nitrogens with zero attached hydrogens (tertiary/aromatic N) is 3. The van der Waals surface area contributed by atoms with Gasteiger partial charge in [-0.1, -0.05) is 26.0 Å². The largest absolute Gasteiger partial charge is 0.497 e. The number of carbonyl (C=O) groups is 2. The molecule has 0 saturated carbocycles. The fourth-order valence-corrected chi connectivity index (χ4v) is 4.54. The Hall–Kier alpha value is -4.29. The summed E-state index contributed by atoms with van der Waals surface area (Å²) in [7, 11) is 5.28. The maximum atomic E-state index is 13.4. The number of methoxy groups -OCH3 is 2. The first-order valence-electron chi connectivity index (χ1n) is 15.5. The van der Waals surface area contributed by atoms with E-state index in [0.717, 1.165) is 43.1 Å². The van der Waals surface area contributed by atoms with Crippen LogP contribution in [0.4, 0.5) is 5.69 Å². The molecule has 248 valence electrons. The third-order valence-electron chi connectivity index (χ3n) is 7.24. The summed E-state index contributed by atoms with van der Waals surface area (Å²) in [4.78, 5) is 31.3. The van der Waals surface area contributed by atoms with Gasteiger partial charge in [-0.2, -0.15) is 5.10 Å². The summed E-state index contributed by atoms with van der Waals surface area (Å²) in [5.74, 6) is 0.330. The van der Waals surface area contributed by atoms with Gasteiger partial charge in [0.25, 0.3) is 11.8 Å². The molecule has 0 saturated heterocycles. The molecule has 0 heterocycles. The first kappa shape index (κ1) is 36.2. The number of ether oxygens (including phenoxy) is 4. The standard InChI is InChI=1S/C35H47N5O6/c1-6-40(7-2)18-17-39(3)26-28-9-8-10-29(23-28)34(41)37-33-16-15-31(46-22-21-45-20-19-43-4)24-32(33)35(42)38-36-25-27-11-13-30(44-5)14-12-27/h8-16,23-25H,6-7,17-22,26H2,1-5H3,(H,37,41)(H,38,42)/b36-25+. The van der Waals surface area contributed by atoms with Gasteiger partial charge in [0.2, 0.25) is 0 Å². The molecule has 0 spiro atoms. The van der Waals surface area contributed by atoms with E-state index in [1.807, 2.05) is 30.3 Å². The van der Waals surface area contributed by atoms with E-state index in [0.29, 0.717) is 43.4 Å². The molecule has 3 aromatic carbocycles. The van der Waals surface area contributed by atoms with Gasteiger partial charge in [-0.25, -0.2) is 5.43 Å². The molecule has 0 unspecified atom stereocenters. The Bertz CT molecular complexity index is 1390. The topological polar surface area (TPSA) is 114 Å². The summed E-state index contributed by atoms with van der Waals surface area (Å²) in [5.41, 5.74) is 5.37. The number of likely N-dealkylation sites (N-methyl/N-ethyl adjacent to an activating group) is 2. The van der Waals surface area contributed by atoms with Crippen molar-refractivity contribution in [3.8, 4) is 11.5 Å². The van der Waals surface area contributed by atoms with Crippen LogP contribution in [0.25, 0.3) is 0 Å². The van der Waals surface area contributed by atoms with Crippen LogP contribution in [-0.2, 0) is 16.0 Å². The summed E-state index contributed by atoms with van der Waals surface area (Å²) in [6.07, 6.45) is 1.53. The van der Waals surface area contributed by atoms with E-state index in [-0.39, 0.29) is 18.1 Å². The molecule has 0 fully saturated rings. The molecule has 0 bridgehead atoms. The quantitative estimate of drug-likeness (QED) is 0.106. The Morgan fingerprint density at radius 1 is 0.848 bits per heavy atom. The third-order valence-corrected chi connectivity index (χ3v) is 7.24. The Labute approximate surface area is 272 Å². The molecule has 11 nitrogen and oxygen atoms in total. The molecule has 0 atom stereocenters. The zero-order valence-electron chi connectivity index (χ0n) is 27.6. The highest BCUT2D eigenvalue weighted by atomic mass is 16.5. The smallest absolute Gasteiger partial charge is 0.273 e. The van der Waals surface area contributed by atoms with Crippen molar-refractivity contribution >= 4 is 23.7 Å². The lowest BCUT2D eigenvalue weighted by atomic mass is 10.1. The van der Waals surface area contributed by atoms with Crippen molar-refractivity contribution in [2.75, 3.05) is 79.2 Å². The average Bonchev–Trinajstić information content (AvgIpc) is 3.07. The van der Waals surface area contributed by atoms with E-state index in [1.54, 1.807) is 50.6 Å². The van der Waals surface area contributed by atoms with Gasteiger partial charge in [-0.3, -0.25) is 9.59 Å². The number of hydrogen-bond acceptors (Lipinski definition) is 9. The molecule has 0 aliphatic heterocycles. The van der Waals surface area contributed by atoms with Crippen molar-refractivity contribution in [1.29, 1.82) is 0 Å². The maximum absolute atomic E-state index is 13.4. The highest BCUT2D eigenvalue weighted by Gasteiger charge is 2.17. The monoisotopic (exact) mass is 633 g/mol. The Kier molecular flexibility index (Phi) is 15.7. The van der Waals surface area contributed by atoms with Gasteiger partial charge in [0.1, 0.15) is 18.1 Å². The SMILES string of the molecule is CCN(CC)CCN(C)Cc1cccc(C(=O)Nc2ccc(OCCOCCOC)cc2C(=O)N/N=C/c2ccc(OC)cc2)c1. The molecule has 3 rings (SSSR count). The second-order valence-electron chi connectivity index (χ2n) is 10.6. The van der Waals surface area contributed by atoms with Crippen molar-refractivity contribution in [3.05, 3.63) is 89.0 Å². The molecule has 11 heteroatoms. The van der Waals surface area contributed by atoms with E-state index in [4.69, 9.17) is 18.9 Å². The molecule has 0 radical (unpaired) electrons. The van der Waals surface area contributed by atoms with Crippen LogP contribution in [0.1, 0.15) is 45.7 Å². The third kappa shape index (κ3) is 12.2. The number of amides is 2. The van der Waals surface area contributed by atoms with E-state index in [2.05, 4.69) is 46.5 Å². The second kappa shape index (κ2) is 20.0. The number of hydrazone groups is 1. The Balaban J connectivity index is 1.72. The minimum atomic E-state index is -0.509. The van der Waals surface area contributed by atoms with Crippen LogP contribution in [0.15, 0.2) is 71.8 Å². The van der Waals surface area contributed by atoms with Crippen LogP contribution in [-0.4, -0.2) is 102 Å². The molecule has 46 heavy (non-hydrogen) atoms. The first-order chi connectivity index (χ1) is 22.4. The van der Waals surface area contributed by atoms with Crippen molar-refractivity contribution in [1.82, 2.24) is 15.2 Å². The van der Waals surface area contributed by atoms with E-state index < -0.39 is 5.91 Å². The number of carbonyl (C=O) groups excluding carboxylic acids is 2. The lowest BCUT2D eigenvalue weighted by Gasteiger charge is -2.23. The predicted octanol–water partition coefficient (Wildman–Crippen LogP) is 4.53. The van der Waals surface area contributed by atoms with Crippen LogP contribution in [0.2, 0.25) is 0 Å². The lowest BCUT2D eigenvalue weighted by Crippen LogP contribution is -2.32. The minimum absolute atomic E-state index is 0.199. The first-order valence-corrected chi connectivity index (χ1v) is 15.5. The van der Waals surface area contributed by atoms with Gasteiger partial charge in [0.15, 0.2) is 0 Å². The Morgan fingerprint density at radius 2 is 1.59 bits per heavy atom. The minimum Gasteiger partial charge on any atom is -0.497 e. The van der Waals surface area contributed by atoms with Gasteiger partial charge < -0.3 is 34.1 Å². The van der Waals surface area contributed by atoms with Crippen LogP contribution >= 0.6 is 0 Å². The summed E-state index contributed by atoms with van der Waals surface area (Å²) >= 11 is 0. The lowest BCUT2D eigenvalue weighted by molar-refractivity contribution is 0.0544. The summed E-state index contributed by atoms with van der Waals surface area (Å²) < 4.78 is 21.4. The van der Waals surface area contributed by atoms with Gasteiger partial charge >= 0.3 is 0 Å². The Morgan fingerprint density at radius 3 is 2.30 bits per heavy atom. The van der Waals surface area contributed by atoms with Crippen LogP contribution in [0.5, 0.6) is 11.5 Å². The predicted molar refractivity (Wildman–Crippen MR) is 181 cm³/mol. The summed E-state index contributed by atoms with van der Waals surface area (Å²) in [6.45, 7) is 10.6. The highest BCUT2D eigenvalue weighted by molar-refractivity contribution is 6.09. The molecule has 0 aromatic heterocycles. The summed E-state index contributed by atoms with van der Waals surface area (Å²) in [5, 5.41) is 7.01. The van der Waals surface area contributed by atoms with E-state index in [1.165, 1.54) is 6.21 Å². The van der Waals surface area contributed by atoms with Gasteiger partial charge in [0, 0.05) is 32.3 Å². The highest BCUT2D eigenvalue weighted by Crippen LogP contribution is 2.24. The number of rotatable bonds is 20. The number of hydrogen-bond donors (Lipinski definition) is 2. The number of anilines is 1. The van der Waals surface area contributed by atoms with Crippen LogP contribution < -0.4 is 20.2 Å². The molecular weight excluding hydrogens is 586 g/mol. The second-order valence-corrected chi connectivity index (χ2v) is 10.6. The van der Waals surface area contributed by atoms with Crippen LogP contribution in [0, 0.1) is 0 Å². The molecular formula is C35H47N5O6. The summed E-state index contributed by atoms with van der Waals surface area (Å²) in [6, 6.07) is 19.7. The zero-order valence-corrected chi connectivity index (χ0v) is 27.6. The van der Waals surface area contributed by atoms with E-state index in [9.17, 15) is 9.59 Å². The average molecular weight is 634 g/mol. The van der Waals surface area contributed by atoms with Crippen molar-refractivity contribution in [2.45, 2.75) is 20.4 Å². The van der Waals surface area contributed by atoms with E-state index >= 15 is 0 Å². The fourth-order valence-electron chi connectivity index (χ4n) is 4.54. The van der Waals surface area contributed by atoms with Gasteiger partial charge in [-0.15, -0.1) is 0 Å². The van der Waals surface area contributed by atoms with Crippen LogP contribution in [0.3, 0.4) is 0 Å². The molecule has 2 N–H and O–H groups in total. The zero-order chi connectivity index (χ0) is 33.1. The normalized spacial score (nSPS) is 11.3. The molecule has 0 aliphatic carbocycles. The van der Waals surface area contributed by atoms with Gasteiger partial charge in [-0.05, 0) is 85.9 Å².